The van der Waals surface area contributed by atoms with E-state index in [1.165, 1.54) is 0 Å². The number of benzene rings is 1. The molecule has 0 aromatic heterocycles. The van der Waals surface area contributed by atoms with Gasteiger partial charge >= 0.3 is 0 Å². The van der Waals surface area contributed by atoms with Crippen molar-refractivity contribution in [3.8, 4) is 0 Å². The maximum Gasteiger partial charge on any atom is 0.254 e. The van der Waals surface area contributed by atoms with Crippen LogP contribution in [0.25, 0.3) is 0 Å². The first-order valence-electron chi connectivity index (χ1n) is 9.02. The van der Waals surface area contributed by atoms with Crippen molar-refractivity contribution in [2.45, 2.75) is 31.3 Å². The van der Waals surface area contributed by atoms with Gasteiger partial charge in [0.2, 0.25) is 5.91 Å². The predicted molar refractivity (Wildman–Crippen MR) is 91.1 cm³/mol. The van der Waals surface area contributed by atoms with Crippen molar-refractivity contribution in [2.75, 3.05) is 39.5 Å². The van der Waals surface area contributed by atoms with Crippen LogP contribution in [0.2, 0.25) is 0 Å². The van der Waals surface area contributed by atoms with Crippen LogP contribution in [-0.2, 0) is 20.8 Å². The van der Waals surface area contributed by atoms with Crippen molar-refractivity contribution in [3.05, 3.63) is 35.4 Å². The molecule has 3 fully saturated rings. The molecule has 4 rings (SSSR count). The molecular weight excluding hydrogens is 320 g/mol. The fourth-order valence-electron chi connectivity index (χ4n) is 4.02. The molecule has 6 heteroatoms. The van der Waals surface area contributed by atoms with Gasteiger partial charge in [0.05, 0.1) is 25.4 Å². The number of likely N-dealkylation sites (tertiary alicyclic amines) is 1. The van der Waals surface area contributed by atoms with E-state index in [0.717, 1.165) is 24.9 Å². The highest BCUT2D eigenvalue weighted by Crippen LogP contribution is 2.31. The van der Waals surface area contributed by atoms with Crippen molar-refractivity contribution in [1.82, 2.24) is 9.80 Å². The largest absolute Gasteiger partial charge is 0.379 e. The summed E-state index contributed by atoms with van der Waals surface area (Å²) in [5.41, 5.74) is 1.36. The summed E-state index contributed by atoms with van der Waals surface area (Å²) in [6.45, 7) is 4.30. The molecule has 25 heavy (non-hydrogen) atoms. The SMILES string of the molecule is O=C1CCCN1Cc1cccc(C(=O)N2CCOCC23CCOC3)c1. The summed E-state index contributed by atoms with van der Waals surface area (Å²) in [6, 6.07) is 7.67. The van der Waals surface area contributed by atoms with Crippen molar-refractivity contribution in [2.24, 2.45) is 0 Å². The standard InChI is InChI=1S/C19H24N2O4/c22-17-5-2-7-20(17)12-15-3-1-4-16(11-15)18(23)21-8-10-25-14-19(21)6-9-24-13-19/h1,3-4,11H,2,5-10,12-14H2. The Morgan fingerprint density at radius 3 is 2.76 bits per heavy atom. The maximum absolute atomic E-state index is 13.1. The molecule has 1 unspecified atom stereocenters. The predicted octanol–water partition coefficient (Wildman–Crippen LogP) is 1.44. The molecule has 1 spiro atoms. The molecule has 2 amide bonds. The van der Waals surface area contributed by atoms with Gasteiger partial charge in [0.1, 0.15) is 0 Å². The number of morpholine rings is 1. The normalized spacial score (nSPS) is 26.6. The third kappa shape index (κ3) is 3.16. The first kappa shape index (κ1) is 16.5. The van der Waals surface area contributed by atoms with Gasteiger partial charge in [0, 0.05) is 38.2 Å². The lowest BCUT2D eigenvalue weighted by molar-refractivity contribution is -0.128. The summed E-state index contributed by atoms with van der Waals surface area (Å²) in [5.74, 6) is 0.232. The smallest absolute Gasteiger partial charge is 0.254 e. The highest BCUT2D eigenvalue weighted by Gasteiger charge is 2.45. The Labute approximate surface area is 147 Å². The van der Waals surface area contributed by atoms with Crippen molar-refractivity contribution >= 4 is 11.8 Å². The van der Waals surface area contributed by atoms with Crippen LogP contribution in [0.15, 0.2) is 24.3 Å². The summed E-state index contributed by atoms with van der Waals surface area (Å²) in [4.78, 5) is 28.8. The Morgan fingerprint density at radius 1 is 1.16 bits per heavy atom. The van der Waals surface area contributed by atoms with E-state index >= 15 is 0 Å². The first-order valence-corrected chi connectivity index (χ1v) is 9.02. The zero-order valence-corrected chi connectivity index (χ0v) is 14.4. The molecule has 0 radical (unpaired) electrons. The Hall–Kier alpha value is -1.92. The zero-order chi connectivity index (χ0) is 17.3. The van der Waals surface area contributed by atoms with E-state index in [1.807, 2.05) is 34.1 Å². The molecule has 3 aliphatic rings. The van der Waals surface area contributed by atoms with Gasteiger partial charge < -0.3 is 19.3 Å². The van der Waals surface area contributed by atoms with Crippen LogP contribution >= 0.6 is 0 Å². The van der Waals surface area contributed by atoms with Crippen molar-refractivity contribution < 1.29 is 19.1 Å². The van der Waals surface area contributed by atoms with E-state index in [2.05, 4.69) is 0 Å². The monoisotopic (exact) mass is 344 g/mol. The van der Waals surface area contributed by atoms with Gasteiger partial charge in [-0.1, -0.05) is 12.1 Å². The lowest BCUT2D eigenvalue weighted by atomic mass is 9.94. The number of amides is 2. The van der Waals surface area contributed by atoms with Crippen LogP contribution in [0.1, 0.15) is 35.2 Å². The molecule has 1 atom stereocenters. The average molecular weight is 344 g/mol. The molecule has 3 saturated heterocycles. The zero-order valence-electron chi connectivity index (χ0n) is 14.4. The molecule has 3 aliphatic heterocycles. The molecule has 1 aromatic rings. The molecule has 134 valence electrons. The molecule has 0 aliphatic carbocycles. The second-order valence-corrected chi connectivity index (χ2v) is 7.16. The second kappa shape index (κ2) is 6.77. The van der Waals surface area contributed by atoms with Gasteiger partial charge in [-0.3, -0.25) is 9.59 Å². The summed E-state index contributed by atoms with van der Waals surface area (Å²) in [5, 5.41) is 0. The van der Waals surface area contributed by atoms with Crippen LogP contribution in [-0.4, -0.2) is 66.7 Å². The van der Waals surface area contributed by atoms with E-state index in [0.29, 0.717) is 51.5 Å². The minimum Gasteiger partial charge on any atom is -0.379 e. The van der Waals surface area contributed by atoms with Crippen LogP contribution < -0.4 is 0 Å². The van der Waals surface area contributed by atoms with E-state index < -0.39 is 0 Å². The summed E-state index contributed by atoms with van der Waals surface area (Å²) in [6.07, 6.45) is 2.38. The van der Waals surface area contributed by atoms with Gasteiger partial charge in [-0.2, -0.15) is 0 Å². The Bertz CT molecular complexity index is 669. The van der Waals surface area contributed by atoms with Crippen LogP contribution in [0.3, 0.4) is 0 Å². The molecule has 0 N–H and O–H groups in total. The highest BCUT2D eigenvalue weighted by atomic mass is 16.5. The average Bonchev–Trinajstić information content (AvgIpc) is 3.25. The fourth-order valence-corrected chi connectivity index (χ4v) is 4.02. The van der Waals surface area contributed by atoms with Crippen LogP contribution in [0.4, 0.5) is 0 Å². The highest BCUT2D eigenvalue weighted by molar-refractivity contribution is 5.95. The number of hydrogen-bond donors (Lipinski definition) is 0. The Kier molecular flexibility index (Phi) is 4.48. The van der Waals surface area contributed by atoms with E-state index in [1.54, 1.807) is 0 Å². The van der Waals surface area contributed by atoms with Crippen molar-refractivity contribution in [1.29, 1.82) is 0 Å². The van der Waals surface area contributed by atoms with Crippen LogP contribution in [0.5, 0.6) is 0 Å². The molecular formula is C19H24N2O4. The molecule has 1 aromatic carbocycles. The first-order chi connectivity index (χ1) is 12.2. The van der Waals surface area contributed by atoms with Gasteiger partial charge in [-0.25, -0.2) is 0 Å². The number of ether oxygens (including phenoxy) is 2. The third-order valence-corrected chi connectivity index (χ3v) is 5.45. The third-order valence-electron chi connectivity index (χ3n) is 5.45. The quantitative estimate of drug-likeness (QED) is 0.833. The number of rotatable bonds is 3. The lowest BCUT2D eigenvalue weighted by Gasteiger charge is -2.43. The maximum atomic E-state index is 13.1. The van der Waals surface area contributed by atoms with Crippen LogP contribution in [0, 0.1) is 0 Å². The van der Waals surface area contributed by atoms with E-state index in [9.17, 15) is 9.59 Å². The number of carbonyl (C=O) groups is 2. The van der Waals surface area contributed by atoms with Gasteiger partial charge in [0.15, 0.2) is 0 Å². The minimum absolute atomic E-state index is 0.0309. The number of nitrogens with zero attached hydrogens (tertiary/aromatic N) is 2. The topological polar surface area (TPSA) is 59.1 Å². The molecule has 3 heterocycles. The summed E-state index contributed by atoms with van der Waals surface area (Å²) >= 11 is 0. The van der Waals surface area contributed by atoms with Gasteiger partial charge in [-0.05, 0) is 30.5 Å². The van der Waals surface area contributed by atoms with Gasteiger partial charge in [-0.15, -0.1) is 0 Å². The second-order valence-electron chi connectivity index (χ2n) is 7.16. The Morgan fingerprint density at radius 2 is 2.00 bits per heavy atom. The minimum atomic E-state index is -0.323. The summed E-state index contributed by atoms with van der Waals surface area (Å²) in [7, 11) is 0. The lowest BCUT2D eigenvalue weighted by Crippen LogP contribution is -2.59. The molecule has 6 nitrogen and oxygen atoms in total. The van der Waals surface area contributed by atoms with E-state index in [4.69, 9.17) is 9.47 Å². The van der Waals surface area contributed by atoms with Gasteiger partial charge in [0.25, 0.3) is 5.91 Å². The van der Waals surface area contributed by atoms with E-state index in [-0.39, 0.29) is 17.4 Å². The Balaban J connectivity index is 1.53. The number of carbonyl (C=O) groups excluding carboxylic acids is 2. The number of hydrogen-bond acceptors (Lipinski definition) is 4. The summed E-state index contributed by atoms with van der Waals surface area (Å²) < 4.78 is 11.2. The molecule has 0 bridgehead atoms. The van der Waals surface area contributed by atoms with Crippen molar-refractivity contribution in [3.63, 3.8) is 0 Å². The fraction of sp³-hybridized carbons (Fsp3) is 0.579. The molecule has 0 saturated carbocycles.